The summed E-state index contributed by atoms with van der Waals surface area (Å²) in [5, 5.41) is 2.13. The molecule has 1 amide bonds. The molecule has 1 aliphatic rings. The van der Waals surface area contributed by atoms with Crippen molar-refractivity contribution in [2.45, 2.75) is 25.4 Å². The molecular formula is C16H16F3NO3. The first-order chi connectivity index (χ1) is 10.9. The molecule has 2 rings (SSSR count). The van der Waals surface area contributed by atoms with Crippen LogP contribution in [0.1, 0.15) is 24.8 Å². The number of carbonyl (C=O) groups is 2. The van der Waals surface area contributed by atoms with E-state index in [4.69, 9.17) is 4.74 Å². The van der Waals surface area contributed by atoms with Gasteiger partial charge in [-0.25, -0.2) is 0 Å². The van der Waals surface area contributed by atoms with Gasteiger partial charge < -0.3 is 10.1 Å². The molecule has 1 atom stereocenters. The number of hydrogen-bond acceptors (Lipinski definition) is 3. The van der Waals surface area contributed by atoms with Gasteiger partial charge in [-0.05, 0) is 31.4 Å². The fraction of sp³-hybridized carbons (Fsp3) is 0.375. The van der Waals surface area contributed by atoms with Crippen LogP contribution in [0.4, 0.5) is 18.9 Å². The third kappa shape index (κ3) is 4.84. The Bertz CT molecular complexity index is 611. The maximum absolute atomic E-state index is 12.8. The summed E-state index contributed by atoms with van der Waals surface area (Å²) in [5.74, 6) is -1.61. The van der Waals surface area contributed by atoms with Gasteiger partial charge in [0.15, 0.2) is 6.61 Å². The molecule has 0 saturated heterocycles. The Balaban J connectivity index is 1.90. The highest BCUT2D eigenvalue weighted by atomic mass is 19.4. The lowest BCUT2D eigenvalue weighted by Gasteiger charge is -2.17. The van der Waals surface area contributed by atoms with Crippen molar-refractivity contribution in [3.63, 3.8) is 0 Å². The van der Waals surface area contributed by atoms with Crippen molar-refractivity contribution < 1.29 is 27.5 Å². The van der Waals surface area contributed by atoms with E-state index in [-0.39, 0.29) is 11.6 Å². The molecule has 1 aliphatic carbocycles. The quantitative estimate of drug-likeness (QED) is 0.680. The Morgan fingerprint density at radius 3 is 2.61 bits per heavy atom. The maximum Gasteiger partial charge on any atom is 0.418 e. The number of benzene rings is 1. The van der Waals surface area contributed by atoms with E-state index in [9.17, 15) is 22.8 Å². The van der Waals surface area contributed by atoms with Gasteiger partial charge in [0.05, 0.1) is 17.2 Å². The number of hydrogen-bond donors (Lipinski definition) is 1. The third-order valence-corrected chi connectivity index (χ3v) is 3.45. The monoisotopic (exact) mass is 327 g/mol. The topological polar surface area (TPSA) is 55.4 Å². The van der Waals surface area contributed by atoms with Gasteiger partial charge >= 0.3 is 12.1 Å². The second kappa shape index (κ2) is 7.30. The molecule has 1 N–H and O–H groups in total. The molecule has 0 bridgehead atoms. The second-order valence-electron chi connectivity index (χ2n) is 5.18. The van der Waals surface area contributed by atoms with Crippen molar-refractivity contribution in [3.05, 3.63) is 42.0 Å². The van der Waals surface area contributed by atoms with Crippen LogP contribution < -0.4 is 5.32 Å². The highest BCUT2D eigenvalue weighted by Gasteiger charge is 2.33. The molecule has 4 nitrogen and oxygen atoms in total. The van der Waals surface area contributed by atoms with Crippen molar-refractivity contribution in [1.82, 2.24) is 0 Å². The molecule has 7 heteroatoms. The van der Waals surface area contributed by atoms with Crippen LogP contribution in [-0.4, -0.2) is 18.5 Å². The number of amides is 1. The summed E-state index contributed by atoms with van der Waals surface area (Å²) < 4.78 is 43.3. The van der Waals surface area contributed by atoms with E-state index in [1.807, 2.05) is 12.2 Å². The van der Waals surface area contributed by atoms with Gasteiger partial charge in [0.1, 0.15) is 0 Å². The number of allylic oxidation sites excluding steroid dienone is 2. The number of rotatable bonds is 4. The lowest BCUT2D eigenvalue weighted by molar-refractivity contribution is -0.151. The Morgan fingerprint density at radius 2 is 1.96 bits per heavy atom. The van der Waals surface area contributed by atoms with E-state index >= 15 is 0 Å². The average molecular weight is 327 g/mol. The number of nitrogens with one attached hydrogen (secondary N) is 1. The van der Waals surface area contributed by atoms with Crippen LogP contribution in [-0.2, 0) is 20.5 Å². The molecular weight excluding hydrogens is 311 g/mol. The van der Waals surface area contributed by atoms with Crippen molar-refractivity contribution in [2.75, 3.05) is 11.9 Å². The largest absolute Gasteiger partial charge is 0.455 e. The second-order valence-corrected chi connectivity index (χ2v) is 5.18. The minimum Gasteiger partial charge on any atom is -0.455 e. The zero-order valence-corrected chi connectivity index (χ0v) is 12.2. The van der Waals surface area contributed by atoms with Gasteiger partial charge in [-0.2, -0.15) is 13.2 Å². The maximum atomic E-state index is 12.8. The van der Waals surface area contributed by atoms with Crippen molar-refractivity contribution in [3.8, 4) is 0 Å². The Hall–Kier alpha value is -2.31. The van der Waals surface area contributed by atoms with Crippen molar-refractivity contribution in [1.29, 1.82) is 0 Å². The van der Waals surface area contributed by atoms with Gasteiger partial charge in [-0.1, -0.05) is 24.3 Å². The SMILES string of the molecule is O=C(COC(=O)[C@@H]1CC=CCC1)Nc1ccccc1C(F)(F)F. The van der Waals surface area contributed by atoms with Crippen LogP contribution in [0.25, 0.3) is 0 Å². The van der Waals surface area contributed by atoms with Crippen molar-refractivity contribution in [2.24, 2.45) is 5.92 Å². The molecule has 124 valence electrons. The van der Waals surface area contributed by atoms with Crippen LogP contribution in [0.5, 0.6) is 0 Å². The molecule has 0 heterocycles. The lowest BCUT2D eigenvalue weighted by atomic mass is 9.95. The van der Waals surface area contributed by atoms with E-state index in [0.717, 1.165) is 18.6 Å². The van der Waals surface area contributed by atoms with Crippen LogP contribution in [0, 0.1) is 5.92 Å². The zero-order chi connectivity index (χ0) is 16.9. The highest BCUT2D eigenvalue weighted by molar-refractivity contribution is 5.93. The number of para-hydroxylation sites is 1. The van der Waals surface area contributed by atoms with E-state index in [1.54, 1.807) is 0 Å². The van der Waals surface area contributed by atoms with Gasteiger partial charge in [0.2, 0.25) is 0 Å². The normalized spacial score (nSPS) is 17.6. The molecule has 0 saturated carbocycles. The number of esters is 1. The first-order valence-corrected chi connectivity index (χ1v) is 7.15. The number of alkyl halides is 3. The number of carbonyl (C=O) groups excluding carboxylic acids is 2. The summed E-state index contributed by atoms with van der Waals surface area (Å²) >= 11 is 0. The van der Waals surface area contributed by atoms with Gasteiger partial charge in [-0.15, -0.1) is 0 Å². The lowest BCUT2D eigenvalue weighted by Crippen LogP contribution is -2.26. The van der Waals surface area contributed by atoms with E-state index < -0.39 is 30.2 Å². The summed E-state index contributed by atoms with van der Waals surface area (Å²) in [5.41, 5.74) is -1.31. The predicted octanol–water partition coefficient (Wildman–Crippen LogP) is 3.54. The Labute approximate surface area is 131 Å². The van der Waals surface area contributed by atoms with E-state index in [0.29, 0.717) is 12.8 Å². The molecule has 0 aromatic heterocycles. The Kier molecular flexibility index (Phi) is 5.41. The number of anilines is 1. The first-order valence-electron chi connectivity index (χ1n) is 7.15. The molecule has 1 aromatic rings. The predicted molar refractivity (Wildman–Crippen MR) is 77.5 cm³/mol. The fourth-order valence-electron chi connectivity index (χ4n) is 2.29. The fourth-order valence-corrected chi connectivity index (χ4v) is 2.29. The summed E-state index contributed by atoms with van der Waals surface area (Å²) in [6, 6.07) is 4.63. The molecule has 1 aromatic carbocycles. The zero-order valence-electron chi connectivity index (χ0n) is 12.2. The van der Waals surface area contributed by atoms with Crippen molar-refractivity contribution >= 4 is 17.6 Å². The van der Waals surface area contributed by atoms with Crippen LogP contribution in [0.3, 0.4) is 0 Å². The number of ether oxygens (including phenoxy) is 1. The summed E-state index contributed by atoms with van der Waals surface area (Å²) in [6.45, 7) is -0.606. The van der Waals surface area contributed by atoms with Crippen LogP contribution >= 0.6 is 0 Å². The van der Waals surface area contributed by atoms with Gasteiger partial charge in [0.25, 0.3) is 5.91 Å². The first kappa shape index (κ1) is 17.1. The molecule has 0 radical (unpaired) electrons. The van der Waals surface area contributed by atoms with E-state index in [1.165, 1.54) is 12.1 Å². The molecule has 0 unspecified atom stereocenters. The summed E-state index contributed by atoms with van der Waals surface area (Å²) in [4.78, 5) is 23.5. The van der Waals surface area contributed by atoms with Gasteiger partial charge in [-0.3, -0.25) is 9.59 Å². The third-order valence-electron chi connectivity index (χ3n) is 3.45. The van der Waals surface area contributed by atoms with Crippen LogP contribution in [0.15, 0.2) is 36.4 Å². The molecule has 23 heavy (non-hydrogen) atoms. The molecule has 0 spiro atoms. The summed E-state index contributed by atoms with van der Waals surface area (Å²) in [7, 11) is 0. The summed E-state index contributed by atoms with van der Waals surface area (Å²) in [6.07, 6.45) is 1.23. The smallest absolute Gasteiger partial charge is 0.418 e. The standard InChI is InChI=1S/C16H16F3NO3/c17-16(18,19)12-8-4-5-9-13(12)20-14(21)10-23-15(22)11-6-2-1-3-7-11/h1-2,4-5,8-9,11H,3,6-7,10H2,(H,20,21)/t11-/m1/s1. The minimum absolute atomic E-state index is 0.296. The van der Waals surface area contributed by atoms with Crippen LogP contribution in [0.2, 0.25) is 0 Å². The Morgan fingerprint density at radius 1 is 1.22 bits per heavy atom. The molecule has 0 fully saturated rings. The van der Waals surface area contributed by atoms with E-state index in [2.05, 4.69) is 5.32 Å². The highest BCUT2D eigenvalue weighted by Crippen LogP contribution is 2.34. The average Bonchev–Trinajstić information content (AvgIpc) is 2.53. The molecule has 0 aliphatic heterocycles. The van der Waals surface area contributed by atoms with Gasteiger partial charge in [0, 0.05) is 0 Å². The number of halogens is 3. The minimum atomic E-state index is -4.57.